The minimum atomic E-state index is 0.0586. The number of rotatable bonds is 1. The van der Waals surface area contributed by atoms with E-state index in [1.165, 1.54) is 12.5 Å². The molecule has 1 unspecified atom stereocenters. The number of ether oxygens (including phenoxy) is 2. The van der Waals surface area contributed by atoms with Gasteiger partial charge in [-0.15, -0.1) is 0 Å². The van der Waals surface area contributed by atoms with Gasteiger partial charge >= 0.3 is 0 Å². The van der Waals surface area contributed by atoms with E-state index < -0.39 is 0 Å². The number of hydrogen-bond acceptors (Lipinski definition) is 4. The van der Waals surface area contributed by atoms with Crippen LogP contribution in [0.25, 0.3) is 0 Å². The third kappa shape index (κ3) is 1.99. The van der Waals surface area contributed by atoms with Crippen LogP contribution in [0.5, 0.6) is 17.2 Å². The quantitative estimate of drug-likeness (QED) is 0.823. The largest absolute Gasteiger partial charge is 0.506 e. The molecule has 1 atom stereocenters. The molecule has 2 heterocycles. The van der Waals surface area contributed by atoms with Crippen LogP contribution in [0.3, 0.4) is 0 Å². The number of nitrogens with one attached hydrogen (secondary N) is 1. The van der Waals surface area contributed by atoms with Gasteiger partial charge in [-0.25, -0.2) is 0 Å². The molecule has 1 saturated heterocycles. The Hall–Kier alpha value is -1.13. The van der Waals surface area contributed by atoms with E-state index in [-0.39, 0.29) is 11.8 Å². The summed E-state index contributed by atoms with van der Waals surface area (Å²) in [5.74, 6) is 1.33. The number of piperidine rings is 1. The second-order valence-electron chi connectivity index (χ2n) is 4.65. The van der Waals surface area contributed by atoms with Gasteiger partial charge in [0.25, 0.3) is 0 Å². The fraction of sp³-hybridized carbons (Fsp3) is 0.538. The van der Waals surface area contributed by atoms with Crippen molar-refractivity contribution in [2.24, 2.45) is 0 Å². The van der Waals surface area contributed by atoms with Crippen molar-refractivity contribution in [1.82, 2.24) is 5.32 Å². The van der Waals surface area contributed by atoms with Gasteiger partial charge in [-0.05, 0) is 19.4 Å². The van der Waals surface area contributed by atoms with Crippen molar-refractivity contribution in [2.75, 3.05) is 19.8 Å². The summed E-state index contributed by atoms with van der Waals surface area (Å²) in [6.45, 7) is 1.99. The molecule has 3 rings (SSSR count). The summed E-state index contributed by atoms with van der Waals surface area (Å²) in [6, 6.07) is 1.66. The van der Waals surface area contributed by atoms with Gasteiger partial charge in [-0.2, -0.15) is 0 Å². The summed E-state index contributed by atoms with van der Waals surface area (Å²) >= 11 is 6.24. The average molecular weight is 270 g/mol. The summed E-state index contributed by atoms with van der Waals surface area (Å²) < 4.78 is 11.2. The molecule has 1 aromatic rings. The fourth-order valence-corrected chi connectivity index (χ4v) is 2.86. The Balaban J connectivity index is 2.07. The molecule has 1 fully saturated rings. The zero-order chi connectivity index (χ0) is 12.5. The molecule has 5 heteroatoms. The number of fused-ring (bicyclic) bond motifs is 1. The molecule has 0 amide bonds. The SMILES string of the molecule is Oc1cc2c(c(C3CCCCN3)c1Cl)OCCO2. The van der Waals surface area contributed by atoms with E-state index in [0.29, 0.717) is 29.7 Å². The molecule has 98 valence electrons. The van der Waals surface area contributed by atoms with Crippen LogP contribution in [0.2, 0.25) is 5.02 Å². The lowest BCUT2D eigenvalue weighted by Gasteiger charge is -2.29. The molecule has 0 saturated carbocycles. The van der Waals surface area contributed by atoms with Crippen molar-refractivity contribution in [1.29, 1.82) is 0 Å². The van der Waals surface area contributed by atoms with Crippen molar-refractivity contribution in [3.63, 3.8) is 0 Å². The molecule has 0 aromatic heterocycles. The molecule has 2 aliphatic rings. The Morgan fingerprint density at radius 1 is 1.28 bits per heavy atom. The number of aromatic hydroxyl groups is 1. The third-order valence-electron chi connectivity index (χ3n) is 3.44. The molecule has 0 spiro atoms. The van der Waals surface area contributed by atoms with Crippen molar-refractivity contribution < 1.29 is 14.6 Å². The van der Waals surface area contributed by atoms with Crippen LogP contribution < -0.4 is 14.8 Å². The molecular weight excluding hydrogens is 254 g/mol. The highest BCUT2D eigenvalue weighted by Gasteiger charge is 2.28. The van der Waals surface area contributed by atoms with E-state index in [4.69, 9.17) is 21.1 Å². The lowest BCUT2D eigenvalue weighted by molar-refractivity contribution is 0.167. The van der Waals surface area contributed by atoms with E-state index in [2.05, 4.69) is 5.32 Å². The second kappa shape index (κ2) is 4.86. The van der Waals surface area contributed by atoms with Gasteiger partial charge in [0.1, 0.15) is 19.0 Å². The molecular formula is C13H16ClNO3. The van der Waals surface area contributed by atoms with Gasteiger partial charge in [0.2, 0.25) is 0 Å². The third-order valence-corrected chi connectivity index (χ3v) is 3.84. The maximum absolute atomic E-state index is 9.89. The zero-order valence-electron chi connectivity index (χ0n) is 10.0. The first-order chi connectivity index (χ1) is 8.77. The minimum Gasteiger partial charge on any atom is -0.506 e. The summed E-state index contributed by atoms with van der Waals surface area (Å²) in [4.78, 5) is 0. The predicted molar refractivity (Wildman–Crippen MR) is 68.7 cm³/mol. The first-order valence-corrected chi connectivity index (χ1v) is 6.69. The van der Waals surface area contributed by atoms with Crippen LogP contribution in [0.1, 0.15) is 30.9 Å². The van der Waals surface area contributed by atoms with Gasteiger partial charge in [-0.1, -0.05) is 18.0 Å². The number of hydrogen-bond donors (Lipinski definition) is 2. The Kier molecular flexibility index (Phi) is 3.22. The van der Waals surface area contributed by atoms with Gasteiger partial charge in [-0.3, -0.25) is 0 Å². The Morgan fingerprint density at radius 3 is 2.89 bits per heavy atom. The minimum absolute atomic E-state index is 0.0586. The summed E-state index contributed by atoms with van der Waals surface area (Å²) in [5, 5.41) is 13.7. The maximum atomic E-state index is 9.89. The van der Waals surface area contributed by atoms with Crippen LogP contribution in [0.4, 0.5) is 0 Å². The van der Waals surface area contributed by atoms with Crippen LogP contribution in [-0.4, -0.2) is 24.9 Å². The van der Waals surface area contributed by atoms with Crippen LogP contribution in [0.15, 0.2) is 6.07 Å². The number of benzene rings is 1. The fourth-order valence-electron chi connectivity index (χ4n) is 2.58. The van der Waals surface area contributed by atoms with Crippen LogP contribution in [0, 0.1) is 0 Å². The zero-order valence-corrected chi connectivity index (χ0v) is 10.8. The molecule has 1 aromatic carbocycles. The lowest BCUT2D eigenvalue weighted by Crippen LogP contribution is -2.28. The van der Waals surface area contributed by atoms with Crippen molar-refractivity contribution in [2.45, 2.75) is 25.3 Å². The summed E-state index contributed by atoms with van der Waals surface area (Å²) in [7, 11) is 0. The molecule has 0 bridgehead atoms. The van der Waals surface area contributed by atoms with Crippen LogP contribution >= 0.6 is 11.6 Å². The van der Waals surface area contributed by atoms with E-state index in [1.807, 2.05) is 0 Å². The Labute approximate surface area is 111 Å². The van der Waals surface area contributed by atoms with Crippen molar-refractivity contribution in [3.8, 4) is 17.2 Å². The van der Waals surface area contributed by atoms with Crippen molar-refractivity contribution >= 4 is 11.6 Å². The number of halogens is 1. The topological polar surface area (TPSA) is 50.7 Å². The molecule has 0 aliphatic carbocycles. The summed E-state index contributed by atoms with van der Waals surface area (Å²) in [6.07, 6.45) is 3.32. The highest BCUT2D eigenvalue weighted by molar-refractivity contribution is 6.33. The Morgan fingerprint density at radius 2 is 2.11 bits per heavy atom. The predicted octanol–water partition coefficient (Wildman–Crippen LogP) is 2.63. The second-order valence-corrected chi connectivity index (χ2v) is 5.03. The van der Waals surface area contributed by atoms with Crippen LogP contribution in [-0.2, 0) is 0 Å². The smallest absolute Gasteiger partial charge is 0.167 e. The highest BCUT2D eigenvalue weighted by Crippen LogP contribution is 2.47. The molecule has 18 heavy (non-hydrogen) atoms. The van der Waals surface area contributed by atoms with E-state index in [1.54, 1.807) is 0 Å². The van der Waals surface area contributed by atoms with E-state index >= 15 is 0 Å². The van der Waals surface area contributed by atoms with Gasteiger partial charge < -0.3 is 19.9 Å². The van der Waals surface area contributed by atoms with E-state index in [9.17, 15) is 5.11 Å². The molecule has 2 aliphatic heterocycles. The number of phenols is 1. The van der Waals surface area contributed by atoms with Gasteiger partial charge in [0.15, 0.2) is 11.5 Å². The van der Waals surface area contributed by atoms with E-state index in [0.717, 1.165) is 24.9 Å². The molecule has 2 N–H and O–H groups in total. The Bertz CT molecular complexity index is 458. The number of phenolic OH excluding ortho intramolecular Hbond substituents is 1. The van der Waals surface area contributed by atoms with Crippen molar-refractivity contribution in [3.05, 3.63) is 16.7 Å². The summed E-state index contributed by atoms with van der Waals surface area (Å²) in [5.41, 5.74) is 0.839. The first-order valence-electron chi connectivity index (χ1n) is 6.31. The monoisotopic (exact) mass is 269 g/mol. The van der Waals surface area contributed by atoms with Gasteiger partial charge in [0, 0.05) is 17.7 Å². The first kappa shape index (κ1) is 11.9. The standard InChI is InChI=1S/C13H16ClNO3/c14-12-9(16)7-10-13(18-6-5-17-10)11(12)8-3-1-2-4-15-8/h7-8,15-16H,1-6H2. The molecule has 0 radical (unpaired) electrons. The maximum Gasteiger partial charge on any atom is 0.167 e. The lowest BCUT2D eigenvalue weighted by atomic mass is 9.96. The molecule has 4 nitrogen and oxygen atoms in total. The average Bonchev–Trinajstić information content (AvgIpc) is 2.41. The van der Waals surface area contributed by atoms with Gasteiger partial charge in [0.05, 0.1) is 5.02 Å². The highest BCUT2D eigenvalue weighted by atomic mass is 35.5. The normalized spacial score (nSPS) is 22.8.